The lowest BCUT2D eigenvalue weighted by Crippen LogP contribution is -2.31. The zero-order valence-corrected chi connectivity index (χ0v) is 10.1. The van der Waals surface area contributed by atoms with Gasteiger partial charge in [-0.15, -0.1) is 0 Å². The molecule has 1 N–H and O–H groups in total. The van der Waals surface area contributed by atoms with E-state index in [4.69, 9.17) is 0 Å². The Morgan fingerprint density at radius 1 is 1.38 bits per heavy atom. The van der Waals surface area contributed by atoms with E-state index in [1.807, 2.05) is 6.07 Å². The van der Waals surface area contributed by atoms with E-state index in [1.165, 1.54) is 30.4 Å². The van der Waals surface area contributed by atoms with Gasteiger partial charge in [0.2, 0.25) is 0 Å². The van der Waals surface area contributed by atoms with E-state index < -0.39 is 0 Å². The molecule has 0 bridgehead atoms. The summed E-state index contributed by atoms with van der Waals surface area (Å²) in [5.74, 6) is 0.387. The summed E-state index contributed by atoms with van der Waals surface area (Å²) in [4.78, 5) is 0. The molecule has 0 heterocycles. The number of halogens is 1. The third-order valence-electron chi connectivity index (χ3n) is 3.62. The minimum atomic E-state index is -0.109. The van der Waals surface area contributed by atoms with E-state index in [0.717, 1.165) is 6.54 Å². The molecule has 0 radical (unpaired) electrons. The van der Waals surface area contributed by atoms with E-state index in [0.29, 0.717) is 12.0 Å². The molecule has 88 valence electrons. The van der Waals surface area contributed by atoms with E-state index >= 15 is 0 Å². The molecule has 16 heavy (non-hydrogen) atoms. The highest BCUT2D eigenvalue weighted by atomic mass is 19.1. The third kappa shape index (κ3) is 2.27. The SMILES string of the molecule is CCNC1CCCC1c1cc(F)ccc1C. The molecule has 2 heteroatoms. The maximum absolute atomic E-state index is 13.3. The fraction of sp³-hybridized carbons (Fsp3) is 0.571. The Hall–Kier alpha value is -0.890. The summed E-state index contributed by atoms with van der Waals surface area (Å²) in [7, 11) is 0. The molecule has 1 aliphatic rings. The van der Waals surface area contributed by atoms with Crippen LogP contribution < -0.4 is 5.32 Å². The summed E-state index contributed by atoms with van der Waals surface area (Å²) in [6.45, 7) is 5.21. The van der Waals surface area contributed by atoms with Crippen molar-refractivity contribution in [3.8, 4) is 0 Å². The van der Waals surface area contributed by atoms with Gasteiger partial charge in [0.15, 0.2) is 0 Å². The number of hydrogen-bond acceptors (Lipinski definition) is 1. The molecule has 0 aliphatic heterocycles. The minimum Gasteiger partial charge on any atom is -0.314 e. The Bertz CT molecular complexity index is 362. The second-order valence-electron chi connectivity index (χ2n) is 4.70. The Kier molecular flexibility index (Phi) is 3.59. The Labute approximate surface area is 97.1 Å². The largest absolute Gasteiger partial charge is 0.314 e. The van der Waals surface area contributed by atoms with Crippen molar-refractivity contribution in [2.75, 3.05) is 6.54 Å². The van der Waals surface area contributed by atoms with Crippen LogP contribution in [0.15, 0.2) is 18.2 Å². The highest BCUT2D eigenvalue weighted by Gasteiger charge is 2.28. The van der Waals surface area contributed by atoms with E-state index in [1.54, 1.807) is 12.1 Å². The fourth-order valence-electron chi connectivity index (χ4n) is 2.85. The molecule has 0 saturated heterocycles. The lowest BCUT2D eigenvalue weighted by Gasteiger charge is -2.22. The average Bonchev–Trinajstić information content (AvgIpc) is 2.70. The molecular weight excluding hydrogens is 201 g/mol. The first-order chi connectivity index (χ1) is 7.72. The summed E-state index contributed by atoms with van der Waals surface area (Å²) in [5, 5.41) is 3.52. The van der Waals surface area contributed by atoms with Crippen molar-refractivity contribution in [1.82, 2.24) is 5.32 Å². The molecule has 0 spiro atoms. The fourth-order valence-corrected chi connectivity index (χ4v) is 2.85. The topological polar surface area (TPSA) is 12.0 Å². The van der Waals surface area contributed by atoms with Crippen molar-refractivity contribution in [2.24, 2.45) is 0 Å². The second-order valence-corrected chi connectivity index (χ2v) is 4.70. The van der Waals surface area contributed by atoms with Crippen LogP contribution in [0.5, 0.6) is 0 Å². The summed E-state index contributed by atoms with van der Waals surface area (Å²) in [6, 6.07) is 5.70. The van der Waals surface area contributed by atoms with Crippen LogP contribution in [-0.2, 0) is 0 Å². The number of hydrogen-bond donors (Lipinski definition) is 1. The van der Waals surface area contributed by atoms with Gasteiger partial charge in [-0.2, -0.15) is 0 Å². The Morgan fingerprint density at radius 3 is 2.94 bits per heavy atom. The predicted molar refractivity (Wildman–Crippen MR) is 65.2 cm³/mol. The van der Waals surface area contributed by atoms with Gasteiger partial charge in [-0.1, -0.05) is 19.4 Å². The van der Waals surface area contributed by atoms with Crippen LogP contribution in [0.3, 0.4) is 0 Å². The zero-order chi connectivity index (χ0) is 11.5. The molecule has 2 unspecified atom stereocenters. The van der Waals surface area contributed by atoms with Crippen LogP contribution in [0.1, 0.15) is 43.2 Å². The number of likely N-dealkylation sites (N-methyl/N-ethyl adjacent to an activating group) is 1. The van der Waals surface area contributed by atoms with E-state index in [2.05, 4.69) is 19.2 Å². The van der Waals surface area contributed by atoms with Gasteiger partial charge in [0.25, 0.3) is 0 Å². The molecule has 0 aromatic heterocycles. The van der Waals surface area contributed by atoms with Crippen molar-refractivity contribution < 1.29 is 4.39 Å². The monoisotopic (exact) mass is 221 g/mol. The Morgan fingerprint density at radius 2 is 2.19 bits per heavy atom. The summed E-state index contributed by atoms with van der Waals surface area (Å²) in [5.41, 5.74) is 2.42. The molecule has 1 aromatic carbocycles. The first-order valence-electron chi connectivity index (χ1n) is 6.21. The maximum Gasteiger partial charge on any atom is 0.123 e. The third-order valence-corrected chi connectivity index (χ3v) is 3.62. The van der Waals surface area contributed by atoms with E-state index in [-0.39, 0.29) is 5.82 Å². The number of nitrogens with one attached hydrogen (secondary N) is 1. The van der Waals surface area contributed by atoms with Gasteiger partial charge in [0.05, 0.1) is 0 Å². The maximum atomic E-state index is 13.3. The first-order valence-corrected chi connectivity index (χ1v) is 6.21. The first kappa shape index (κ1) is 11.6. The average molecular weight is 221 g/mol. The Balaban J connectivity index is 2.25. The standard InChI is InChI=1S/C14H20FN/c1-3-16-14-6-4-5-12(14)13-9-11(15)8-7-10(13)2/h7-9,12,14,16H,3-6H2,1-2H3. The van der Waals surface area contributed by atoms with Crippen LogP contribution in [0.4, 0.5) is 4.39 Å². The van der Waals surface area contributed by atoms with Crippen molar-refractivity contribution in [3.63, 3.8) is 0 Å². The molecule has 0 amide bonds. The molecule has 1 aromatic rings. The molecule has 2 rings (SSSR count). The van der Waals surface area contributed by atoms with Gasteiger partial charge < -0.3 is 5.32 Å². The number of aryl methyl sites for hydroxylation is 1. The molecule has 1 fully saturated rings. The van der Waals surface area contributed by atoms with Crippen molar-refractivity contribution in [2.45, 2.75) is 45.1 Å². The highest BCUT2D eigenvalue weighted by Crippen LogP contribution is 2.36. The van der Waals surface area contributed by atoms with Crippen LogP contribution in [0, 0.1) is 12.7 Å². The molecule has 2 atom stereocenters. The van der Waals surface area contributed by atoms with E-state index in [9.17, 15) is 4.39 Å². The lowest BCUT2D eigenvalue weighted by molar-refractivity contribution is 0.489. The minimum absolute atomic E-state index is 0.109. The van der Waals surface area contributed by atoms with Gasteiger partial charge in [-0.25, -0.2) is 4.39 Å². The number of benzene rings is 1. The molecule has 1 aliphatic carbocycles. The van der Waals surface area contributed by atoms with Gasteiger partial charge >= 0.3 is 0 Å². The highest BCUT2D eigenvalue weighted by molar-refractivity contribution is 5.32. The summed E-state index contributed by atoms with van der Waals surface area (Å²) < 4.78 is 13.3. The van der Waals surface area contributed by atoms with Crippen molar-refractivity contribution in [3.05, 3.63) is 35.1 Å². The van der Waals surface area contributed by atoms with Gasteiger partial charge in [0.1, 0.15) is 5.82 Å². The zero-order valence-electron chi connectivity index (χ0n) is 10.1. The molecule has 1 saturated carbocycles. The van der Waals surface area contributed by atoms with Crippen LogP contribution >= 0.6 is 0 Å². The smallest absolute Gasteiger partial charge is 0.123 e. The van der Waals surface area contributed by atoms with Crippen LogP contribution in [0.25, 0.3) is 0 Å². The lowest BCUT2D eigenvalue weighted by atomic mass is 9.90. The quantitative estimate of drug-likeness (QED) is 0.825. The summed E-state index contributed by atoms with van der Waals surface area (Å²) >= 11 is 0. The van der Waals surface area contributed by atoms with Gasteiger partial charge in [-0.05, 0) is 55.5 Å². The second kappa shape index (κ2) is 4.96. The van der Waals surface area contributed by atoms with Crippen molar-refractivity contribution in [1.29, 1.82) is 0 Å². The summed E-state index contributed by atoms with van der Waals surface area (Å²) in [6.07, 6.45) is 3.65. The van der Waals surface area contributed by atoms with Crippen LogP contribution in [0.2, 0.25) is 0 Å². The van der Waals surface area contributed by atoms with Crippen molar-refractivity contribution >= 4 is 0 Å². The van der Waals surface area contributed by atoms with Gasteiger partial charge in [-0.3, -0.25) is 0 Å². The van der Waals surface area contributed by atoms with Crippen LogP contribution in [-0.4, -0.2) is 12.6 Å². The molecular formula is C14H20FN. The molecule has 1 nitrogen and oxygen atoms in total. The number of rotatable bonds is 3. The normalized spacial score (nSPS) is 24.9. The van der Waals surface area contributed by atoms with Gasteiger partial charge in [0, 0.05) is 6.04 Å². The predicted octanol–water partition coefficient (Wildman–Crippen LogP) is 3.38.